The van der Waals surface area contributed by atoms with Crippen molar-refractivity contribution in [3.05, 3.63) is 114 Å². The second-order valence-electron chi connectivity index (χ2n) is 6.84. The molecule has 30 heavy (non-hydrogen) atoms. The van der Waals surface area contributed by atoms with Crippen molar-refractivity contribution < 1.29 is 9.53 Å². The molecular weight excluding hydrogens is 376 g/mol. The molecule has 2 aromatic carbocycles. The fourth-order valence-electron chi connectivity index (χ4n) is 3.01. The molecule has 0 fully saturated rings. The van der Waals surface area contributed by atoms with E-state index in [0.717, 1.165) is 22.6 Å². The number of benzene rings is 2. The SMILES string of the molecule is O=C(NCc1cccc(OCc2ccccn2)c1)c1ccc(Cn2cccn2)cc1. The maximum atomic E-state index is 12.5. The van der Waals surface area contributed by atoms with Gasteiger partial charge >= 0.3 is 0 Å². The number of aromatic nitrogens is 3. The quantitative estimate of drug-likeness (QED) is 0.490. The number of amides is 1. The van der Waals surface area contributed by atoms with Gasteiger partial charge in [0.15, 0.2) is 0 Å². The van der Waals surface area contributed by atoms with Crippen LogP contribution in [0.15, 0.2) is 91.4 Å². The van der Waals surface area contributed by atoms with Crippen LogP contribution in [0.3, 0.4) is 0 Å². The van der Waals surface area contributed by atoms with E-state index in [0.29, 0.717) is 25.3 Å². The summed E-state index contributed by atoms with van der Waals surface area (Å²) in [5.74, 6) is 0.635. The van der Waals surface area contributed by atoms with Gasteiger partial charge in [-0.15, -0.1) is 0 Å². The predicted octanol–water partition coefficient (Wildman–Crippen LogP) is 3.84. The summed E-state index contributed by atoms with van der Waals surface area (Å²) in [6.45, 7) is 1.51. The lowest BCUT2D eigenvalue weighted by atomic mass is 10.1. The maximum Gasteiger partial charge on any atom is 0.251 e. The molecular formula is C24H22N4O2. The zero-order valence-corrected chi connectivity index (χ0v) is 16.4. The normalized spacial score (nSPS) is 10.5. The predicted molar refractivity (Wildman–Crippen MR) is 114 cm³/mol. The Bertz CT molecular complexity index is 1080. The van der Waals surface area contributed by atoms with Gasteiger partial charge in [0, 0.05) is 30.7 Å². The fraction of sp³-hybridized carbons (Fsp3) is 0.125. The van der Waals surface area contributed by atoms with Gasteiger partial charge in [0.25, 0.3) is 5.91 Å². The topological polar surface area (TPSA) is 69.0 Å². The third kappa shape index (κ3) is 5.32. The Morgan fingerprint density at radius 3 is 2.60 bits per heavy atom. The molecule has 1 amide bonds. The highest BCUT2D eigenvalue weighted by atomic mass is 16.5. The molecule has 0 aliphatic rings. The summed E-state index contributed by atoms with van der Waals surface area (Å²) in [6.07, 6.45) is 5.41. The number of rotatable bonds is 8. The molecule has 1 N–H and O–H groups in total. The van der Waals surface area contributed by atoms with Crippen molar-refractivity contribution in [2.45, 2.75) is 19.7 Å². The second kappa shape index (κ2) is 9.52. The second-order valence-corrected chi connectivity index (χ2v) is 6.84. The Kier molecular flexibility index (Phi) is 6.15. The summed E-state index contributed by atoms with van der Waals surface area (Å²) in [7, 11) is 0. The molecule has 0 spiro atoms. The van der Waals surface area contributed by atoms with E-state index in [4.69, 9.17) is 4.74 Å². The first-order valence-corrected chi connectivity index (χ1v) is 9.72. The van der Waals surface area contributed by atoms with Crippen LogP contribution >= 0.6 is 0 Å². The number of pyridine rings is 1. The van der Waals surface area contributed by atoms with E-state index < -0.39 is 0 Å². The first-order valence-electron chi connectivity index (χ1n) is 9.72. The first kappa shape index (κ1) is 19.4. The lowest BCUT2D eigenvalue weighted by molar-refractivity contribution is 0.0951. The van der Waals surface area contributed by atoms with Crippen LogP contribution in [0.5, 0.6) is 5.75 Å². The van der Waals surface area contributed by atoms with E-state index >= 15 is 0 Å². The van der Waals surface area contributed by atoms with E-state index in [1.54, 1.807) is 12.4 Å². The van der Waals surface area contributed by atoms with Gasteiger partial charge < -0.3 is 10.1 Å². The molecule has 4 rings (SSSR count). The average molecular weight is 398 g/mol. The van der Waals surface area contributed by atoms with Crippen LogP contribution in [0.1, 0.15) is 27.2 Å². The fourth-order valence-corrected chi connectivity index (χ4v) is 3.01. The Morgan fingerprint density at radius 2 is 1.83 bits per heavy atom. The Hall–Kier alpha value is -3.93. The zero-order valence-electron chi connectivity index (χ0n) is 16.4. The minimum Gasteiger partial charge on any atom is -0.487 e. The van der Waals surface area contributed by atoms with Crippen LogP contribution in [0.25, 0.3) is 0 Å². The number of nitrogens with zero attached hydrogens (tertiary/aromatic N) is 3. The highest BCUT2D eigenvalue weighted by molar-refractivity contribution is 5.94. The van der Waals surface area contributed by atoms with E-state index in [1.165, 1.54) is 0 Å². The first-order chi connectivity index (χ1) is 14.8. The van der Waals surface area contributed by atoms with Crippen LogP contribution in [0.4, 0.5) is 0 Å². The third-order valence-corrected chi connectivity index (χ3v) is 4.58. The van der Waals surface area contributed by atoms with Gasteiger partial charge in [0.1, 0.15) is 12.4 Å². The molecule has 0 atom stereocenters. The summed E-state index contributed by atoms with van der Waals surface area (Å²) in [6, 6.07) is 22.9. The van der Waals surface area contributed by atoms with Crippen molar-refractivity contribution in [3.8, 4) is 5.75 Å². The highest BCUT2D eigenvalue weighted by Crippen LogP contribution is 2.15. The monoisotopic (exact) mass is 398 g/mol. The van der Waals surface area contributed by atoms with Crippen LogP contribution < -0.4 is 10.1 Å². The van der Waals surface area contributed by atoms with Gasteiger partial charge in [0.2, 0.25) is 0 Å². The van der Waals surface area contributed by atoms with Gasteiger partial charge in [-0.25, -0.2) is 0 Å². The number of hydrogen-bond donors (Lipinski definition) is 1. The van der Waals surface area contributed by atoms with Gasteiger partial charge in [-0.1, -0.05) is 30.3 Å². The van der Waals surface area contributed by atoms with Crippen molar-refractivity contribution in [2.24, 2.45) is 0 Å². The Labute approximate surface area is 175 Å². The van der Waals surface area contributed by atoms with E-state index in [-0.39, 0.29) is 5.91 Å². The smallest absolute Gasteiger partial charge is 0.251 e. The van der Waals surface area contributed by atoms with Crippen molar-refractivity contribution in [1.82, 2.24) is 20.1 Å². The number of carbonyl (C=O) groups is 1. The van der Waals surface area contributed by atoms with Crippen LogP contribution in [0, 0.1) is 0 Å². The summed E-state index contributed by atoms with van der Waals surface area (Å²) < 4.78 is 7.64. The van der Waals surface area contributed by atoms with Crippen molar-refractivity contribution in [1.29, 1.82) is 0 Å². The zero-order chi connectivity index (χ0) is 20.6. The lowest BCUT2D eigenvalue weighted by Crippen LogP contribution is -2.22. The average Bonchev–Trinajstić information content (AvgIpc) is 3.31. The summed E-state index contributed by atoms with van der Waals surface area (Å²) in [4.78, 5) is 16.7. The number of carbonyl (C=O) groups excluding carboxylic acids is 1. The van der Waals surface area contributed by atoms with Crippen molar-refractivity contribution in [2.75, 3.05) is 0 Å². The van der Waals surface area contributed by atoms with Gasteiger partial charge in [-0.3, -0.25) is 14.5 Å². The minimum atomic E-state index is -0.111. The molecule has 0 bridgehead atoms. The Morgan fingerprint density at radius 1 is 0.933 bits per heavy atom. The molecule has 2 aromatic heterocycles. The molecule has 0 unspecified atom stereocenters. The summed E-state index contributed by atoms with van der Waals surface area (Å²) in [5.41, 5.74) is 3.55. The standard InChI is InChI=1S/C24H22N4O2/c29-24(21-10-8-19(9-11-21)17-28-14-4-13-27-28)26-16-20-5-3-7-23(15-20)30-18-22-6-1-2-12-25-22/h1-15H,16-18H2,(H,26,29). The summed E-state index contributed by atoms with van der Waals surface area (Å²) in [5, 5.41) is 7.15. The summed E-state index contributed by atoms with van der Waals surface area (Å²) >= 11 is 0. The van der Waals surface area contributed by atoms with Gasteiger partial charge in [-0.05, 0) is 53.6 Å². The van der Waals surface area contributed by atoms with E-state index in [1.807, 2.05) is 83.7 Å². The van der Waals surface area contributed by atoms with Gasteiger partial charge in [-0.2, -0.15) is 5.10 Å². The largest absolute Gasteiger partial charge is 0.487 e. The molecule has 0 radical (unpaired) electrons. The molecule has 0 saturated carbocycles. The van der Waals surface area contributed by atoms with Crippen LogP contribution in [-0.2, 0) is 19.7 Å². The Balaban J connectivity index is 1.30. The van der Waals surface area contributed by atoms with Crippen molar-refractivity contribution in [3.63, 3.8) is 0 Å². The molecule has 4 aromatic rings. The van der Waals surface area contributed by atoms with E-state index in [9.17, 15) is 4.79 Å². The molecule has 0 aliphatic carbocycles. The molecule has 2 heterocycles. The molecule has 150 valence electrons. The molecule has 6 nitrogen and oxygen atoms in total. The van der Waals surface area contributed by atoms with Crippen LogP contribution in [-0.4, -0.2) is 20.7 Å². The van der Waals surface area contributed by atoms with Crippen molar-refractivity contribution >= 4 is 5.91 Å². The number of ether oxygens (including phenoxy) is 1. The third-order valence-electron chi connectivity index (χ3n) is 4.58. The highest BCUT2D eigenvalue weighted by Gasteiger charge is 2.06. The minimum absolute atomic E-state index is 0.111. The number of nitrogens with one attached hydrogen (secondary N) is 1. The van der Waals surface area contributed by atoms with Gasteiger partial charge in [0.05, 0.1) is 12.2 Å². The molecule has 6 heteroatoms. The lowest BCUT2D eigenvalue weighted by Gasteiger charge is -2.09. The van der Waals surface area contributed by atoms with E-state index in [2.05, 4.69) is 15.4 Å². The molecule has 0 saturated heterocycles. The number of hydrogen-bond acceptors (Lipinski definition) is 4. The van der Waals surface area contributed by atoms with Crippen LogP contribution in [0.2, 0.25) is 0 Å². The molecule has 0 aliphatic heterocycles. The maximum absolute atomic E-state index is 12.5.